The number of ketones is 2. The molecule has 2 amide bonds. The van der Waals surface area contributed by atoms with Gasteiger partial charge in [-0.2, -0.15) is 0 Å². The molecule has 2 aromatic carbocycles. The maximum Gasteiger partial charge on any atom is 0.238 e. The third-order valence-electron chi connectivity index (χ3n) is 8.50. The van der Waals surface area contributed by atoms with Gasteiger partial charge in [0.1, 0.15) is 5.75 Å². The quantitative estimate of drug-likeness (QED) is 0.215. The number of carbonyl (C=O) groups is 4. The normalized spacial score (nSPS) is 26.7. The summed E-state index contributed by atoms with van der Waals surface area (Å²) in [5.41, 5.74) is 4.93. The number of aromatic hydroxyl groups is 1. The number of phenols is 1. The number of anilines is 1. The van der Waals surface area contributed by atoms with Crippen LogP contribution in [-0.4, -0.2) is 28.5 Å². The van der Waals surface area contributed by atoms with Crippen LogP contribution in [0.4, 0.5) is 5.69 Å². The summed E-state index contributed by atoms with van der Waals surface area (Å²) in [6, 6.07) is 11.0. The lowest BCUT2D eigenvalue weighted by atomic mass is 9.59. The van der Waals surface area contributed by atoms with E-state index in [1.165, 1.54) is 11.0 Å². The van der Waals surface area contributed by atoms with Crippen LogP contribution < -0.4 is 4.90 Å². The van der Waals surface area contributed by atoms with Gasteiger partial charge in [-0.3, -0.25) is 24.1 Å². The monoisotopic (exact) mass is 619 g/mol. The lowest BCUT2D eigenvalue weighted by Crippen LogP contribution is -2.39. The molecule has 38 heavy (non-hydrogen) atoms. The first-order chi connectivity index (χ1) is 18.1. The zero-order valence-corrected chi connectivity index (χ0v) is 23.4. The number of allylic oxidation sites excluding steroid dienone is 6. The van der Waals surface area contributed by atoms with E-state index >= 15 is 0 Å². The Morgan fingerprint density at radius 2 is 1.58 bits per heavy atom. The van der Waals surface area contributed by atoms with Gasteiger partial charge in [0, 0.05) is 26.2 Å². The van der Waals surface area contributed by atoms with Crippen molar-refractivity contribution in [2.24, 2.45) is 17.8 Å². The van der Waals surface area contributed by atoms with E-state index in [4.69, 9.17) is 0 Å². The Balaban J connectivity index is 1.50. The summed E-state index contributed by atoms with van der Waals surface area (Å²) in [6.45, 7) is 5.28. The van der Waals surface area contributed by atoms with Crippen molar-refractivity contribution >= 4 is 51.7 Å². The minimum absolute atomic E-state index is 0.163. The molecule has 1 saturated heterocycles. The molecule has 2 aromatic rings. The molecule has 4 aliphatic rings. The Kier molecular flexibility index (Phi) is 5.83. The zero-order valence-electron chi connectivity index (χ0n) is 21.2. The summed E-state index contributed by atoms with van der Waals surface area (Å²) in [5, 5.41) is 10.4. The fourth-order valence-corrected chi connectivity index (χ4v) is 7.10. The number of phenolic OH excluding ortho intramolecular Hbond substituents is 1. The van der Waals surface area contributed by atoms with Crippen LogP contribution in [0.1, 0.15) is 42.4 Å². The lowest BCUT2D eigenvalue weighted by Gasteiger charge is -2.42. The van der Waals surface area contributed by atoms with E-state index in [2.05, 4.69) is 22.6 Å². The van der Waals surface area contributed by atoms with Crippen LogP contribution in [0, 0.1) is 35.2 Å². The van der Waals surface area contributed by atoms with Crippen molar-refractivity contribution < 1.29 is 24.3 Å². The second-order valence-electron chi connectivity index (χ2n) is 10.7. The molecule has 6 nitrogen and oxygen atoms in total. The summed E-state index contributed by atoms with van der Waals surface area (Å²) in [5.74, 6) is -2.64. The van der Waals surface area contributed by atoms with Gasteiger partial charge in [0.25, 0.3) is 0 Å². The second kappa shape index (κ2) is 8.86. The third-order valence-corrected chi connectivity index (χ3v) is 9.22. The minimum Gasteiger partial charge on any atom is -0.507 e. The average molecular weight is 619 g/mol. The standard InChI is InChI=1S/C31H26INO5/c1-14-10-17(11-15(2)28(14)35)25-20-8-9-21-26(22(20)13-23-24(34)12-16(3)29(36)27(23)25)31(38)33(30(21)37)19-6-4-18(32)5-7-19/h4-8,10-12,21-22,25-26,35H,9,13H2,1-3H3/t21-,22+,25-,26-/m0/s1. The molecule has 6 rings (SSSR count). The second-order valence-corrected chi connectivity index (χ2v) is 12.0. The van der Waals surface area contributed by atoms with Gasteiger partial charge in [-0.25, -0.2) is 0 Å². The van der Waals surface area contributed by atoms with Gasteiger partial charge >= 0.3 is 0 Å². The number of nitrogens with zero attached hydrogens (tertiary/aromatic N) is 1. The number of amides is 2. The van der Waals surface area contributed by atoms with Crippen LogP contribution in [0.2, 0.25) is 0 Å². The van der Waals surface area contributed by atoms with Crippen LogP contribution in [0.15, 0.2) is 70.8 Å². The van der Waals surface area contributed by atoms with Crippen LogP contribution in [0.25, 0.3) is 0 Å². The molecular formula is C31H26INO5. The van der Waals surface area contributed by atoms with E-state index in [1.807, 2.05) is 44.2 Å². The van der Waals surface area contributed by atoms with Gasteiger partial charge < -0.3 is 5.11 Å². The highest BCUT2D eigenvalue weighted by atomic mass is 127. The Bertz CT molecular complexity index is 1540. The molecule has 0 radical (unpaired) electrons. The Labute approximate surface area is 234 Å². The van der Waals surface area contributed by atoms with Gasteiger partial charge in [-0.1, -0.05) is 23.8 Å². The predicted molar refractivity (Wildman–Crippen MR) is 151 cm³/mol. The molecule has 0 aromatic heterocycles. The van der Waals surface area contributed by atoms with Crippen LogP contribution in [-0.2, 0) is 19.2 Å². The van der Waals surface area contributed by atoms with Crippen LogP contribution >= 0.6 is 22.6 Å². The topological polar surface area (TPSA) is 91.8 Å². The fourth-order valence-electron chi connectivity index (χ4n) is 6.74. The minimum atomic E-state index is -0.604. The SMILES string of the molecule is CC1=CC(=O)C2=C(C1=O)[C@@H](c1cc(C)c(O)c(C)c1)C1=CC[C@@H]3C(=O)N(c4ccc(I)cc4)C(=O)[C@@H]3[C@@H]1C2. The Hall–Kier alpha value is -3.33. The Morgan fingerprint density at radius 1 is 0.921 bits per heavy atom. The molecule has 1 N–H and O–H groups in total. The number of carbonyl (C=O) groups excluding carboxylic acids is 4. The van der Waals surface area contributed by atoms with Crippen molar-refractivity contribution in [2.45, 2.75) is 39.5 Å². The van der Waals surface area contributed by atoms with Crippen molar-refractivity contribution in [3.05, 3.63) is 91.1 Å². The first kappa shape index (κ1) is 25.0. The number of fused-ring (bicyclic) bond motifs is 3. The highest BCUT2D eigenvalue weighted by molar-refractivity contribution is 14.1. The lowest BCUT2D eigenvalue weighted by molar-refractivity contribution is -0.123. The molecule has 0 saturated carbocycles. The maximum absolute atomic E-state index is 13.9. The summed E-state index contributed by atoms with van der Waals surface area (Å²) < 4.78 is 1.00. The fraction of sp³-hybridized carbons (Fsp3) is 0.290. The molecule has 0 bridgehead atoms. The van der Waals surface area contributed by atoms with Gasteiger partial charge in [-0.15, -0.1) is 0 Å². The number of hydrogen-bond acceptors (Lipinski definition) is 5. The van der Waals surface area contributed by atoms with Gasteiger partial charge in [0.15, 0.2) is 11.6 Å². The number of aryl methyl sites for hydroxylation is 2. The van der Waals surface area contributed by atoms with Crippen molar-refractivity contribution in [1.82, 2.24) is 0 Å². The first-order valence-electron chi connectivity index (χ1n) is 12.7. The molecular weight excluding hydrogens is 593 g/mol. The van der Waals surface area contributed by atoms with Crippen molar-refractivity contribution in [3.63, 3.8) is 0 Å². The van der Waals surface area contributed by atoms with E-state index in [1.54, 1.807) is 19.1 Å². The molecule has 0 unspecified atom stereocenters. The van der Waals surface area contributed by atoms with Crippen LogP contribution in [0.3, 0.4) is 0 Å². The molecule has 7 heteroatoms. The van der Waals surface area contributed by atoms with E-state index in [-0.39, 0.29) is 41.5 Å². The van der Waals surface area contributed by atoms with Crippen LogP contribution in [0.5, 0.6) is 5.75 Å². The number of Topliss-reactive ketones (excluding diaryl/α,β-unsaturated/α-hetero) is 1. The van der Waals surface area contributed by atoms with Crippen molar-refractivity contribution in [3.8, 4) is 5.75 Å². The molecule has 192 valence electrons. The number of imide groups is 1. The molecule has 3 aliphatic carbocycles. The van der Waals surface area contributed by atoms with Gasteiger partial charge in [0.2, 0.25) is 11.8 Å². The van der Waals surface area contributed by atoms with E-state index in [9.17, 15) is 24.3 Å². The van der Waals surface area contributed by atoms with E-state index in [0.29, 0.717) is 40.0 Å². The van der Waals surface area contributed by atoms with Gasteiger partial charge in [-0.05, 0) is 109 Å². The average Bonchev–Trinajstić information content (AvgIpc) is 3.14. The number of halogens is 1. The third kappa shape index (κ3) is 3.58. The number of rotatable bonds is 2. The maximum atomic E-state index is 13.9. The van der Waals surface area contributed by atoms with Crippen molar-refractivity contribution in [2.75, 3.05) is 4.90 Å². The van der Waals surface area contributed by atoms with Crippen molar-refractivity contribution in [1.29, 1.82) is 0 Å². The zero-order chi connectivity index (χ0) is 27.0. The molecule has 1 aliphatic heterocycles. The largest absolute Gasteiger partial charge is 0.507 e. The van der Waals surface area contributed by atoms with E-state index in [0.717, 1.165) is 14.7 Å². The summed E-state index contributed by atoms with van der Waals surface area (Å²) >= 11 is 2.18. The number of benzene rings is 2. The summed E-state index contributed by atoms with van der Waals surface area (Å²) in [7, 11) is 0. The molecule has 0 spiro atoms. The number of hydrogen-bond donors (Lipinski definition) is 1. The van der Waals surface area contributed by atoms with E-state index < -0.39 is 17.8 Å². The molecule has 1 heterocycles. The Morgan fingerprint density at radius 3 is 2.24 bits per heavy atom. The summed E-state index contributed by atoms with van der Waals surface area (Å²) in [6.07, 6.45) is 4.06. The summed E-state index contributed by atoms with van der Waals surface area (Å²) in [4.78, 5) is 55.5. The van der Waals surface area contributed by atoms with Gasteiger partial charge in [0.05, 0.1) is 17.5 Å². The predicted octanol–water partition coefficient (Wildman–Crippen LogP) is 5.25. The smallest absolute Gasteiger partial charge is 0.238 e. The molecule has 4 atom stereocenters. The highest BCUT2D eigenvalue weighted by Gasteiger charge is 2.56. The first-order valence-corrected chi connectivity index (χ1v) is 13.8. The highest BCUT2D eigenvalue weighted by Crippen LogP contribution is 2.55. The molecule has 1 fully saturated rings.